The second-order valence-corrected chi connectivity index (χ2v) is 5.90. The molecule has 2 N–H and O–H groups in total. The standard InChI is InChI=1S/C16H23N3/c1-11(2)12-4-5-15-13(8-12)14(9-18-15)16-10-17-6-7-19(16)3/h4-5,8-9,11,16-18H,6-7,10H2,1-3H3. The maximum absolute atomic E-state index is 3.50. The number of aromatic amines is 1. The number of aromatic nitrogens is 1. The Kier molecular flexibility index (Phi) is 3.33. The highest BCUT2D eigenvalue weighted by atomic mass is 15.2. The van der Waals surface area contributed by atoms with Gasteiger partial charge >= 0.3 is 0 Å². The molecule has 2 aromatic rings. The predicted octanol–water partition coefficient (Wildman–Crippen LogP) is 2.87. The van der Waals surface area contributed by atoms with Crippen LogP contribution in [-0.4, -0.2) is 36.6 Å². The third-order valence-corrected chi connectivity index (χ3v) is 4.27. The zero-order chi connectivity index (χ0) is 13.4. The Morgan fingerprint density at radius 2 is 2.16 bits per heavy atom. The summed E-state index contributed by atoms with van der Waals surface area (Å²) in [7, 11) is 2.22. The van der Waals surface area contributed by atoms with Crippen LogP contribution in [0.2, 0.25) is 0 Å². The number of rotatable bonds is 2. The number of nitrogens with one attached hydrogen (secondary N) is 2. The summed E-state index contributed by atoms with van der Waals surface area (Å²) in [5, 5.41) is 4.88. The molecule has 0 saturated carbocycles. The Bertz CT molecular complexity index is 570. The number of piperazine rings is 1. The molecule has 1 aliphatic rings. The highest BCUT2D eigenvalue weighted by Crippen LogP contribution is 2.30. The third kappa shape index (κ3) is 2.28. The van der Waals surface area contributed by atoms with E-state index in [0.717, 1.165) is 19.6 Å². The van der Waals surface area contributed by atoms with Gasteiger partial charge in [-0.2, -0.15) is 0 Å². The maximum atomic E-state index is 3.50. The second-order valence-electron chi connectivity index (χ2n) is 5.90. The fraction of sp³-hybridized carbons (Fsp3) is 0.500. The van der Waals surface area contributed by atoms with Crippen LogP contribution in [0.15, 0.2) is 24.4 Å². The first-order chi connectivity index (χ1) is 9.16. The minimum absolute atomic E-state index is 0.477. The molecule has 1 saturated heterocycles. The molecule has 1 aliphatic heterocycles. The Morgan fingerprint density at radius 1 is 1.32 bits per heavy atom. The molecule has 3 heteroatoms. The molecule has 1 aromatic carbocycles. The molecule has 3 nitrogen and oxygen atoms in total. The Labute approximate surface area is 115 Å². The highest BCUT2D eigenvalue weighted by molar-refractivity contribution is 5.84. The van der Waals surface area contributed by atoms with Crippen molar-refractivity contribution in [2.75, 3.05) is 26.7 Å². The number of likely N-dealkylation sites (N-methyl/N-ethyl adjacent to an activating group) is 1. The first kappa shape index (κ1) is 12.7. The van der Waals surface area contributed by atoms with Gasteiger partial charge < -0.3 is 10.3 Å². The monoisotopic (exact) mass is 257 g/mol. The molecular weight excluding hydrogens is 234 g/mol. The summed E-state index contributed by atoms with van der Waals surface area (Å²) >= 11 is 0. The Balaban J connectivity index is 2.05. The second kappa shape index (κ2) is 4.99. The smallest absolute Gasteiger partial charge is 0.0491 e. The SMILES string of the molecule is CC(C)c1ccc2[nH]cc(C3CNCCN3C)c2c1. The minimum atomic E-state index is 0.477. The Hall–Kier alpha value is -1.32. The molecule has 0 amide bonds. The van der Waals surface area contributed by atoms with E-state index in [9.17, 15) is 0 Å². The molecule has 0 radical (unpaired) electrons. The van der Waals surface area contributed by atoms with Crippen molar-refractivity contribution in [1.29, 1.82) is 0 Å². The summed E-state index contributed by atoms with van der Waals surface area (Å²) in [6, 6.07) is 7.28. The molecule has 0 spiro atoms. The van der Waals surface area contributed by atoms with Crippen LogP contribution in [0.3, 0.4) is 0 Å². The quantitative estimate of drug-likeness (QED) is 0.867. The van der Waals surface area contributed by atoms with Gasteiger partial charge in [-0.25, -0.2) is 0 Å². The molecule has 0 aliphatic carbocycles. The fourth-order valence-corrected chi connectivity index (χ4v) is 2.95. The number of hydrogen-bond donors (Lipinski definition) is 2. The molecular formula is C16H23N3. The molecule has 3 rings (SSSR count). The average molecular weight is 257 g/mol. The molecule has 1 fully saturated rings. The summed E-state index contributed by atoms with van der Waals surface area (Å²) in [4.78, 5) is 5.86. The molecule has 1 aromatic heterocycles. The van der Waals surface area contributed by atoms with Crippen molar-refractivity contribution in [3.63, 3.8) is 0 Å². The fourth-order valence-electron chi connectivity index (χ4n) is 2.95. The van der Waals surface area contributed by atoms with E-state index in [-0.39, 0.29) is 0 Å². The van der Waals surface area contributed by atoms with Crippen LogP contribution in [0.4, 0.5) is 0 Å². The van der Waals surface area contributed by atoms with E-state index in [0.29, 0.717) is 12.0 Å². The maximum Gasteiger partial charge on any atom is 0.0491 e. The lowest BCUT2D eigenvalue weighted by atomic mass is 9.97. The number of hydrogen-bond acceptors (Lipinski definition) is 2. The highest BCUT2D eigenvalue weighted by Gasteiger charge is 2.23. The van der Waals surface area contributed by atoms with Gasteiger partial charge in [0.1, 0.15) is 0 Å². The van der Waals surface area contributed by atoms with E-state index in [1.54, 1.807) is 0 Å². The minimum Gasteiger partial charge on any atom is -0.361 e. The van der Waals surface area contributed by atoms with Crippen molar-refractivity contribution >= 4 is 10.9 Å². The van der Waals surface area contributed by atoms with Crippen LogP contribution in [0.1, 0.15) is 36.9 Å². The molecule has 2 heterocycles. The molecule has 0 bridgehead atoms. The average Bonchev–Trinajstić information content (AvgIpc) is 2.82. The predicted molar refractivity (Wildman–Crippen MR) is 80.6 cm³/mol. The normalized spacial score (nSPS) is 21.4. The molecule has 1 unspecified atom stereocenters. The van der Waals surface area contributed by atoms with Crippen molar-refractivity contribution < 1.29 is 0 Å². The first-order valence-electron chi connectivity index (χ1n) is 7.18. The van der Waals surface area contributed by atoms with Crippen LogP contribution < -0.4 is 5.32 Å². The van der Waals surface area contributed by atoms with Gasteiger partial charge in [0.25, 0.3) is 0 Å². The Morgan fingerprint density at radius 3 is 2.89 bits per heavy atom. The molecule has 19 heavy (non-hydrogen) atoms. The largest absolute Gasteiger partial charge is 0.361 e. The van der Waals surface area contributed by atoms with E-state index in [4.69, 9.17) is 0 Å². The lowest BCUT2D eigenvalue weighted by molar-refractivity contribution is 0.203. The van der Waals surface area contributed by atoms with Crippen LogP contribution in [0, 0.1) is 0 Å². The van der Waals surface area contributed by atoms with Gasteiger partial charge in [0, 0.05) is 42.8 Å². The summed E-state index contributed by atoms with van der Waals surface area (Å²) in [6.45, 7) is 7.74. The molecule has 102 valence electrons. The van der Waals surface area contributed by atoms with E-state index < -0.39 is 0 Å². The zero-order valence-corrected chi connectivity index (χ0v) is 12.0. The topological polar surface area (TPSA) is 31.1 Å². The molecule has 1 atom stereocenters. The van der Waals surface area contributed by atoms with Crippen molar-refractivity contribution in [3.05, 3.63) is 35.5 Å². The number of benzene rings is 1. The summed E-state index contributed by atoms with van der Waals surface area (Å²) in [6.07, 6.45) is 2.18. The van der Waals surface area contributed by atoms with Crippen LogP contribution in [-0.2, 0) is 0 Å². The van der Waals surface area contributed by atoms with Gasteiger partial charge in [-0.15, -0.1) is 0 Å². The van der Waals surface area contributed by atoms with E-state index in [1.807, 2.05) is 0 Å². The van der Waals surface area contributed by atoms with Crippen LogP contribution in [0.25, 0.3) is 10.9 Å². The summed E-state index contributed by atoms with van der Waals surface area (Å²) in [5.74, 6) is 0.578. The van der Waals surface area contributed by atoms with Gasteiger partial charge in [-0.3, -0.25) is 4.90 Å². The van der Waals surface area contributed by atoms with Gasteiger partial charge in [0.15, 0.2) is 0 Å². The number of nitrogens with zero attached hydrogens (tertiary/aromatic N) is 1. The third-order valence-electron chi connectivity index (χ3n) is 4.27. The number of fused-ring (bicyclic) bond motifs is 1. The van der Waals surface area contributed by atoms with Crippen molar-refractivity contribution in [2.45, 2.75) is 25.8 Å². The van der Waals surface area contributed by atoms with Gasteiger partial charge in [-0.1, -0.05) is 19.9 Å². The van der Waals surface area contributed by atoms with Gasteiger partial charge in [-0.05, 0) is 36.2 Å². The lowest BCUT2D eigenvalue weighted by Gasteiger charge is -2.33. The van der Waals surface area contributed by atoms with Gasteiger partial charge in [0.05, 0.1) is 0 Å². The summed E-state index contributed by atoms with van der Waals surface area (Å²) in [5.41, 5.74) is 4.09. The number of H-pyrrole nitrogens is 1. The van der Waals surface area contributed by atoms with Crippen LogP contribution in [0.5, 0.6) is 0 Å². The van der Waals surface area contributed by atoms with Crippen molar-refractivity contribution in [3.8, 4) is 0 Å². The van der Waals surface area contributed by atoms with E-state index in [2.05, 4.69) is 60.5 Å². The first-order valence-corrected chi connectivity index (χ1v) is 7.18. The van der Waals surface area contributed by atoms with Gasteiger partial charge in [0.2, 0.25) is 0 Å². The van der Waals surface area contributed by atoms with E-state index in [1.165, 1.54) is 22.0 Å². The zero-order valence-electron chi connectivity index (χ0n) is 12.0. The van der Waals surface area contributed by atoms with E-state index >= 15 is 0 Å². The lowest BCUT2D eigenvalue weighted by Crippen LogP contribution is -2.43. The summed E-state index contributed by atoms with van der Waals surface area (Å²) < 4.78 is 0. The van der Waals surface area contributed by atoms with Crippen LogP contribution >= 0.6 is 0 Å². The van der Waals surface area contributed by atoms with Crippen molar-refractivity contribution in [2.24, 2.45) is 0 Å². The van der Waals surface area contributed by atoms with Crippen molar-refractivity contribution in [1.82, 2.24) is 15.2 Å².